The lowest BCUT2D eigenvalue weighted by molar-refractivity contribution is 0.0204. The molecule has 7 aliphatic rings. The molecule has 3 aromatic carbocycles. The van der Waals surface area contributed by atoms with Crippen molar-refractivity contribution in [2.24, 2.45) is 23.7 Å². The Bertz CT molecular complexity index is 1960. The van der Waals surface area contributed by atoms with Crippen LogP contribution in [0.4, 0.5) is 0 Å². The summed E-state index contributed by atoms with van der Waals surface area (Å²) in [4.78, 5) is 0. The van der Waals surface area contributed by atoms with Crippen LogP contribution in [0.3, 0.4) is 0 Å². The number of aryl methyl sites for hydroxylation is 1. The maximum atomic E-state index is 7.01. The molecule has 1 fully saturated rings. The Balaban J connectivity index is 1.12. The zero-order valence-corrected chi connectivity index (χ0v) is 27.2. The van der Waals surface area contributed by atoms with Crippen molar-refractivity contribution in [1.29, 1.82) is 0 Å². The number of hydrogen-bond donors (Lipinski definition) is 0. The van der Waals surface area contributed by atoms with Gasteiger partial charge in [-0.2, -0.15) is 0 Å². The third-order valence-electron chi connectivity index (χ3n) is 12.8. The Hall–Kier alpha value is -3.94. The van der Waals surface area contributed by atoms with Crippen LogP contribution < -0.4 is 0 Å². The van der Waals surface area contributed by atoms with Crippen molar-refractivity contribution in [3.63, 3.8) is 0 Å². The summed E-state index contributed by atoms with van der Waals surface area (Å²) in [5, 5.41) is 2.98. The van der Waals surface area contributed by atoms with Gasteiger partial charge in [0.15, 0.2) is 0 Å². The van der Waals surface area contributed by atoms with Crippen LogP contribution in [-0.2, 0) is 17.6 Å². The van der Waals surface area contributed by atoms with Crippen LogP contribution in [0.5, 0.6) is 0 Å². The molecule has 0 N–H and O–H groups in total. The summed E-state index contributed by atoms with van der Waals surface area (Å²) in [5.41, 5.74) is 10.9. The van der Waals surface area contributed by atoms with Crippen LogP contribution in [0.25, 0.3) is 22.9 Å². The molecular formula is C46H44O. The molecule has 9 atom stereocenters. The van der Waals surface area contributed by atoms with Crippen molar-refractivity contribution in [3.8, 4) is 0 Å². The molecule has 1 aliphatic heterocycles. The Morgan fingerprint density at radius 3 is 2.36 bits per heavy atom. The maximum absolute atomic E-state index is 7.01. The summed E-state index contributed by atoms with van der Waals surface area (Å²) in [6.07, 6.45) is 42.0. The van der Waals surface area contributed by atoms with Crippen molar-refractivity contribution in [2.75, 3.05) is 0 Å². The highest BCUT2D eigenvalue weighted by molar-refractivity contribution is 5.95. The van der Waals surface area contributed by atoms with Gasteiger partial charge in [-0.1, -0.05) is 128 Å². The van der Waals surface area contributed by atoms with Gasteiger partial charge in [0.25, 0.3) is 0 Å². The molecule has 1 nitrogen and oxygen atoms in total. The number of rotatable bonds is 3. The van der Waals surface area contributed by atoms with Gasteiger partial charge in [-0.25, -0.2) is 0 Å². The van der Waals surface area contributed by atoms with Gasteiger partial charge >= 0.3 is 0 Å². The summed E-state index contributed by atoms with van der Waals surface area (Å²) in [5.74, 6) is 3.22. The first-order valence-corrected chi connectivity index (χ1v) is 18.4. The van der Waals surface area contributed by atoms with Gasteiger partial charge in [0.1, 0.15) is 0 Å². The minimum absolute atomic E-state index is 0.180. The molecular weight excluding hydrogens is 569 g/mol. The molecule has 1 heteroatoms. The molecule has 10 rings (SSSR count). The molecule has 0 spiro atoms. The van der Waals surface area contributed by atoms with Crippen LogP contribution in [-0.4, -0.2) is 12.2 Å². The molecule has 0 saturated carbocycles. The molecule has 0 amide bonds. The first-order chi connectivity index (χ1) is 23.3. The van der Waals surface area contributed by atoms with Crippen molar-refractivity contribution in [2.45, 2.75) is 74.9 Å². The number of fused-ring (bicyclic) bond motifs is 8. The summed E-state index contributed by atoms with van der Waals surface area (Å²) in [6.45, 7) is 0. The van der Waals surface area contributed by atoms with Gasteiger partial charge in [0.2, 0.25) is 0 Å². The van der Waals surface area contributed by atoms with Crippen LogP contribution in [0.1, 0.15) is 88.8 Å². The van der Waals surface area contributed by atoms with E-state index in [1.54, 1.807) is 16.7 Å². The average Bonchev–Trinajstić information content (AvgIpc) is 3.53. The summed E-state index contributed by atoms with van der Waals surface area (Å²) in [7, 11) is 0. The van der Waals surface area contributed by atoms with Crippen molar-refractivity contribution in [1.82, 2.24) is 0 Å². The molecule has 3 aromatic rings. The molecule has 0 aromatic heterocycles. The van der Waals surface area contributed by atoms with E-state index < -0.39 is 0 Å². The van der Waals surface area contributed by atoms with Gasteiger partial charge < -0.3 is 4.74 Å². The molecule has 1 heterocycles. The van der Waals surface area contributed by atoms with E-state index in [4.69, 9.17) is 4.74 Å². The van der Waals surface area contributed by atoms with E-state index in [1.165, 1.54) is 39.4 Å². The lowest BCUT2D eigenvalue weighted by atomic mass is 9.63. The lowest BCUT2D eigenvalue weighted by Gasteiger charge is -2.39. The Morgan fingerprint density at radius 1 is 0.617 bits per heavy atom. The Morgan fingerprint density at radius 2 is 1.43 bits per heavy atom. The fraction of sp³-hybridized carbons (Fsp3) is 0.348. The minimum atomic E-state index is 0.180. The standard InChI is InChI=1S/C46H44O/c1-2-14-31-28-32(25-24-29(31)12-1)33-15-5-6-17-35(33)43-36-18-7-9-20-38(36)44(39-21-10-8-19-37(39)43)40-22-11-23-42-45(40)41-27-26-30-13-3-4-16-34(30)46(41)47-42/h2-7,9-11,13-14,16,18,20-21,23-28,30,33-35,40-42,45-46H,1,8,12,15,17,19,22H2. The van der Waals surface area contributed by atoms with E-state index in [0.717, 1.165) is 38.5 Å². The van der Waals surface area contributed by atoms with E-state index in [-0.39, 0.29) is 12.2 Å². The Kier molecular flexibility index (Phi) is 6.78. The third-order valence-corrected chi connectivity index (χ3v) is 12.8. The largest absolute Gasteiger partial charge is 0.369 e. The highest BCUT2D eigenvalue weighted by atomic mass is 16.5. The molecule has 0 radical (unpaired) electrons. The van der Waals surface area contributed by atoms with Crippen LogP contribution in [0.2, 0.25) is 0 Å². The lowest BCUT2D eigenvalue weighted by Crippen LogP contribution is -2.36. The number of allylic oxidation sites excluding steroid dienone is 9. The monoisotopic (exact) mass is 612 g/mol. The minimum Gasteiger partial charge on any atom is -0.369 e. The molecule has 234 valence electrons. The molecule has 1 saturated heterocycles. The second-order valence-electron chi connectivity index (χ2n) is 15.1. The predicted octanol–water partition coefficient (Wildman–Crippen LogP) is 10.9. The fourth-order valence-electron chi connectivity index (χ4n) is 10.8. The molecule has 6 aliphatic carbocycles. The molecule has 47 heavy (non-hydrogen) atoms. The summed E-state index contributed by atoms with van der Waals surface area (Å²) >= 11 is 0. The van der Waals surface area contributed by atoms with Gasteiger partial charge in [-0.15, -0.1) is 0 Å². The van der Waals surface area contributed by atoms with Crippen LogP contribution in [0, 0.1) is 23.7 Å². The fourth-order valence-corrected chi connectivity index (χ4v) is 10.8. The quantitative estimate of drug-likeness (QED) is 0.267. The van der Waals surface area contributed by atoms with Gasteiger partial charge in [-0.05, 0) is 112 Å². The van der Waals surface area contributed by atoms with E-state index >= 15 is 0 Å². The van der Waals surface area contributed by atoms with Crippen LogP contribution in [0.15, 0.2) is 115 Å². The Labute approximate surface area is 279 Å². The average molecular weight is 613 g/mol. The zero-order valence-electron chi connectivity index (χ0n) is 27.2. The second kappa shape index (κ2) is 11.3. The summed E-state index contributed by atoms with van der Waals surface area (Å²) in [6, 6.07) is 16.9. The zero-order chi connectivity index (χ0) is 30.9. The number of benzene rings is 3. The van der Waals surface area contributed by atoms with Gasteiger partial charge in [0, 0.05) is 23.7 Å². The van der Waals surface area contributed by atoms with E-state index in [9.17, 15) is 0 Å². The molecule has 0 bridgehead atoms. The van der Waals surface area contributed by atoms with Crippen molar-refractivity contribution >= 4 is 22.9 Å². The number of hydrogen-bond acceptors (Lipinski definition) is 1. The first-order valence-electron chi connectivity index (χ1n) is 18.4. The smallest absolute Gasteiger partial charge is 0.0800 e. The highest BCUT2D eigenvalue weighted by Crippen LogP contribution is 2.56. The summed E-state index contributed by atoms with van der Waals surface area (Å²) < 4.78 is 7.01. The topological polar surface area (TPSA) is 9.23 Å². The van der Waals surface area contributed by atoms with Crippen molar-refractivity contribution < 1.29 is 4.74 Å². The maximum Gasteiger partial charge on any atom is 0.0800 e. The SMILES string of the molecule is C1=CC2C=CC3C(OC4C=CCC(c5c6c(c(C7CC=CCC7c7ccc8c(c7)C=CCC8)c7ccccc57)CCC=C6)C43)C2C=C1. The molecule has 9 unspecified atom stereocenters. The normalized spacial score (nSPS) is 34.2. The number of ether oxygens (including phenoxy) is 1. The van der Waals surface area contributed by atoms with E-state index in [1.807, 2.05) is 0 Å². The van der Waals surface area contributed by atoms with E-state index in [2.05, 4.69) is 128 Å². The second-order valence-corrected chi connectivity index (χ2v) is 15.1. The van der Waals surface area contributed by atoms with Gasteiger partial charge in [-0.3, -0.25) is 0 Å². The first kappa shape index (κ1) is 28.1. The highest BCUT2D eigenvalue weighted by Gasteiger charge is 2.52. The van der Waals surface area contributed by atoms with Gasteiger partial charge in [0.05, 0.1) is 12.2 Å². The van der Waals surface area contributed by atoms with Crippen molar-refractivity contribution in [3.05, 3.63) is 154 Å². The third kappa shape index (κ3) is 4.46. The predicted molar refractivity (Wildman–Crippen MR) is 195 cm³/mol. The van der Waals surface area contributed by atoms with E-state index in [0.29, 0.717) is 41.4 Å². The van der Waals surface area contributed by atoms with Crippen LogP contribution >= 0.6 is 0 Å².